The van der Waals surface area contributed by atoms with E-state index in [0.717, 1.165) is 29.4 Å². The predicted molar refractivity (Wildman–Crippen MR) is 77.2 cm³/mol. The normalized spacial score (nSPS) is 11.4. The summed E-state index contributed by atoms with van der Waals surface area (Å²) in [6, 6.07) is 5.85. The number of hydrogen-bond donors (Lipinski definition) is 2. The highest BCUT2D eigenvalue weighted by Gasteiger charge is 2.11. The molecule has 1 aromatic rings. The number of nitrogens with two attached hydrogens (primary N) is 1. The summed E-state index contributed by atoms with van der Waals surface area (Å²) < 4.78 is 0. The van der Waals surface area contributed by atoms with Gasteiger partial charge < -0.3 is 16.0 Å². The average Bonchev–Trinajstić information content (AvgIpc) is 2.15. The van der Waals surface area contributed by atoms with E-state index in [-0.39, 0.29) is 5.54 Å². The Morgan fingerprint density at radius 3 is 2.53 bits per heavy atom. The van der Waals surface area contributed by atoms with Crippen molar-refractivity contribution < 1.29 is 0 Å². The summed E-state index contributed by atoms with van der Waals surface area (Å²) in [7, 11) is 4.03. The molecule has 3 nitrogen and oxygen atoms in total. The Morgan fingerprint density at radius 2 is 2.00 bits per heavy atom. The van der Waals surface area contributed by atoms with Crippen LogP contribution >= 0.6 is 11.6 Å². The van der Waals surface area contributed by atoms with Crippen LogP contribution in [0.25, 0.3) is 0 Å². The third-order valence-electron chi connectivity index (χ3n) is 2.53. The molecule has 1 rings (SSSR count). The second-order valence-electron chi connectivity index (χ2n) is 5.22. The molecule has 0 radical (unpaired) electrons. The van der Waals surface area contributed by atoms with Crippen molar-refractivity contribution in [2.75, 3.05) is 30.9 Å². The Balaban J connectivity index is 2.72. The van der Waals surface area contributed by atoms with Gasteiger partial charge in [0.05, 0.1) is 11.4 Å². The fourth-order valence-corrected chi connectivity index (χ4v) is 1.73. The zero-order chi connectivity index (χ0) is 13.1. The molecule has 17 heavy (non-hydrogen) atoms. The summed E-state index contributed by atoms with van der Waals surface area (Å²) in [5, 5.41) is 4.13. The molecule has 96 valence electrons. The summed E-state index contributed by atoms with van der Waals surface area (Å²) in [5.74, 6) is 0. The third kappa shape index (κ3) is 4.84. The van der Waals surface area contributed by atoms with Gasteiger partial charge >= 0.3 is 0 Å². The van der Waals surface area contributed by atoms with Gasteiger partial charge in [0.15, 0.2) is 0 Å². The Bertz CT molecular complexity index is 369. The van der Waals surface area contributed by atoms with Gasteiger partial charge in [0.25, 0.3) is 0 Å². The molecular formula is C13H22ClN3. The first-order chi connectivity index (χ1) is 7.79. The molecule has 0 unspecified atom stereocenters. The second-order valence-corrected chi connectivity index (χ2v) is 5.66. The molecule has 0 fully saturated rings. The maximum atomic E-state index is 6.01. The lowest BCUT2D eigenvalue weighted by atomic mass is 10.0. The van der Waals surface area contributed by atoms with Crippen LogP contribution in [0.5, 0.6) is 0 Å². The van der Waals surface area contributed by atoms with Crippen molar-refractivity contribution in [2.24, 2.45) is 5.73 Å². The van der Waals surface area contributed by atoms with Gasteiger partial charge in [-0.1, -0.05) is 11.6 Å². The number of benzene rings is 1. The van der Waals surface area contributed by atoms with Crippen LogP contribution < -0.4 is 16.0 Å². The fourth-order valence-electron chi connectivity index (χ4n) is 1.56. The van der Waals surface area contributed by atoms with Gasteiger partial charge in [-0.05, 0) is 38.5 Å². The summed E-state index contributed by atoms with van der Waals surface area (Å²) in [6.45, 7) is 4.89. The topological polar surface area (TPSA) is 41.3 Å². The molecule has 0 heterocycles. The van der Waals surface area contributed by atoms with E-state index in [0.29, 0.717) is 0 Å². The Morgan fingerprint density at radius 1 is 1.35 bits per heavy atom. The highest BCUT2D eigenvalue weighted by Crippen LogP contribution is 2.27. The van der Waals surface area contributed by atoms with E-state index in [2.05, 4.69) is 10.2 Å². The van der Waals surface area contributed by atoms with E-state index in [1.165, 1.54) is 0 Å². The Hall–Kier alpha value is -0.930. The number of rotatable bonds is 5. The van der Waals surface area contributed by atoms with Crippen LogP contribution in [-0.4, -0.2) is 26.2 Å². The van der Waals surface area contributed by atoms with Gasteiger partial charge in [0, 0.05) is 31.2 Å². The molecular weight excluding hydrogens is 234 g/mol. The zero-order valence-corrected chi connectivity index (χ0v) is 11.8. The minimum atomic E-state index is -0.149. The molecule has 0 spiro atoms. The van der Waals surface area contributed by atoms with Crippen LogP contribution in [-0.2, 0) is 0 Å². The average molecular weight is 256 g/mol. The minimum absolute atomic E-state index is 0.149. The van der Waals surface area contributed by atoms with E-state index >= 15 is 0 Å². The van der Waals surface area contributed by atoms with Crippen molar-refractivity contribution in [1.29, 1.82) is 0 Å². The smallest absolute Gasteiger partial charge is 0.0597 e. The molecule has 0 aromatic heterocycles. The molecule has 0 aliphatic rings. The standard InChI is InChI=1S/C13H22ClN3/c1-13(2,15)7-8-16-11-9-10(14)5-6-12(11)17(3)4/h5-6,9,16H,7-8,15H2,1-4H3. The highest BCUT2D eigenvalue weighted by molar-refractivity contribution is 6.31. The summed E-state index contributed by atoms with van der Waals surface area (Å²) in [4.78, 5) is 2.06. The van der Waals surface area contributed by atoms with Crippen molar-refractivity contribution >= 4 is 23.0 Å². The van der Waals surface area contributed by atoms with Crippen molar-refractivity contribution in [1.82, 2.24) is 0 Å². The zero-order valence-electron chi connectivity index (χ0n) is 11.0. The fraction of sp³-hybridized carbons (Fsp3) is 0.538. The number of anilines is 2. The molecule has 0 saturated carbocycles. The van der Waals surface area contributed by atoms with Crippen LogP contribution in [0.15, 0.2) is 18.2 Å². The first kappa shape index (κ1) is 14.1. The first-order valence-corrected chi connectivity index (χ1v) is 6.17. The molecule has 0 bridgehead atoms. The van der Waals surface area contributed by atoms with Gasteiger partial charge in [0.2, 0.25) is 0 Å². The summed E-state index contributed by atoms with van der Waals surface area (Å²) in [6.07, 6.45) is 0.909. The largest absolute Gasteiger partial charge is 0.383 e. The summed E-state index contributed by atoms with van der Waals surface area (Å²) in [5.41, 5.74) is 7.98. The van der Waals surface area contributed by atoms with Crippen LogP contribution in [0.3, 0.4) is 0 Å². The van der Waals surface area contributed by atoms with Gasteiger partial charge in [0.1, 0.15) is 0 Å². The van der Waals surface area contributed by atoms with Crippen molar-refractivity contribution in [2.45, 2.75) is 25.8 Å². The second kappa shape index (κ2) is 5.61. The molecule has 0 saturated heterocycles. The summed E-state index contributed by atoms with van der Waals surface area (Å²) >= 11 is 6.01. The monoisotopic (exact) mass is 255 g/mol. The lowest BCUT2D eigenvalue weighted by Gasteiger charge is -2.22. The van der Waals surface area contributed by atoms with E-state index in [1.54, 1.807) is 0 Å². The van der Waals surface area contributed by atoms with Gasteiger partial charge in [-0.25, -0.2) is 0 Å². The van der Waals surface area contributed by atoms with E-state index in [9.17, 15) is 0 Å². The molecule has 1 aromatic carbocycles. The van der Waals surface area contributed by atoms with Crippen LogP contribution in [0.4, 0.5) is 11.4 Å². The van der Waals surface area contributed by atoms with Crippen molar-refractivity contribution in [3.63, 3.8) is 0 Å². The highest BCUT2D eigenvalue weighted by atomic mass is 35.5. The number of nitrogens with one attached hydrogen (secondary N) is 1. The maximum Gasteiger partial charge on any atom is 0.0597 e. The lowest BCUT2D eigenvalue weighted by molar-refractivity contribution is 0.491. The Kier molecular flexibility index (Phi) is 4.66. The quantitative estimate of drug-likeness (QED) is 0.850. The van der Waals surface area contributed by atoms with E-state index in [4.69, 9.17) is 17.3 Å². The SMILES string of the molecule is CN(C)c1ccc(Cl)cc1NCCC(C)(C)N. The first-order valence-electron chi connectivity index (χ1n) is 5.79. The molecule has 0 aliphatic carbocycles. The molecule has 3 N–H and O–H groups in total. The van der Waals surface area contributed by atoms with Gasteiger partial charge in [-0.2, -0.15) is 0 Å². The molecule has 0 aliphatic heterocycles. The van der Waals surface area contributed by atoms with Crippen molar-refractivity contribution in [3.8, 4) is 0 Å². The number of nitrogens with zero attached hydrogens (tertiary/aromatic N) is 1. The number of hydrogen-bond acceptors (Lipinski definition) is 3. The molecule has 0 amide bonds. The van der Waals surface area contributed by atoms with Crippen LogP contribution in [0.2, 0.25) is 5.02 Å². The number of halogens is 1. The maximum absolute atomic E-state index is 6.01. The lowest BCUT2D eigenvalue weighted by Crippen LogP contribution is -2.34. The molecule has 0 atom stereocenters. The van der Waals surface area contributed by atoms with Crippen molar-refractivity contribution in [3.05, 3.63) is 23.2 Å². The van der Waals surface area contributed by atoms with E-state index in [1.807, 2.05) is 46.1 Å². The van der Waals surface area contributed by atoms with Crippen LogP contribution in [0, 0.1) is 0 Å². The van der Waals surface area contributed by atoms with Gasteiger partial charge in [-0.15, -0.1) is 0 Å². The molecule has 4 heteroatoms. The Labute approximate surface area is 109 Å². The third-order valence-corrected chi connectivity index (χ3v) is 2.76. The predicted octanol–water partition coefficient (Wildman–Crippen LogP) is 2.95. The van der Waals surface area contributed by atoms with E-state index < -0.39 is 0 Å². The van der Waals surface area contributed by atoms with Gasteiger partial charge in [-0.3, -0.25) is 0 Å². The minimum Gasteiger partial charge on any atom is -0.383 e. The van der Waals surface area contributed by atoms with Crippen LogP contribution in [0.1, 0.15) is 20.3 Å².